The van der Waals surface area contributed by atoms with Gasteiger partial charge in [0.1, 0.15) is 11.3 Å². The summed E-state index contributed by atoms with van der Waals surface area (Å²) in [7, 11) is 0. The average Bonchev–Trinajstić information content (AvgIpc) is 3.32. The lowest BCUT2D eigenvalue weighted by Gasteiger charge is -2.21. The van der Waals surface area contributed by atoms with Crippen molar-refractivity contribution in [1.29, 1.82) is 0 Å². The Morgan fingerprint density at radius 3 is 2.73 bits per heavy atom. The topological polar surface area (TPSA) is 88.5 Å². The van der Waals surface area contributed by atoms with Gasteiger partial charge in [-0.25, -0.2) is 0 Å². The van der Waals surface area contributed by atoms with Crippen molar-refractivity contribution in [1.82, 2.24) is 25.1 Å². The molecule has 1 aliphatic heterocycles. The van der Waals surface area contributed by atoms with Gasteiger partial charge in [0, 0.05) is 38.4 Å². The Kier molecular flexibility index (Phi) is 7.96. The molecular formula is C24H29N5O3S. The van der Waals surface area contributed by atoms with E-state index in [2.05, 4.69) is 43.8 Å². The van der Waals surface area contributed by atoms with Gasteiger partial charge in [-0.3, -0.25) is 9.69 Å². The fraction of sp³-hybridized carbons (Fsp3) is 0.417. The molecule has 8 nitrogen and oxygen atoms in total. The van der Waals surface area contributed by atoms with Crippen LogP contribution in [0.3, 0.4) is 0 Å². The van der Waals surface area contributed by atoms with Gasteiger partial charge in [-0.1, -0.05) is 40.6 Å². The molecule has 1 amide bonds. The monoisotopic (exact) mass is 467 g/mol. The van der Waals surface area contributed by atoms with Gasteiger partial charge >= 0.3 is 0 Å². The molecule has 0 N–H and O–H groups in total. The van der Waals surface area contributed by atoms with Gasteiger partial charge in [0.2, 0.25) is 5.91 Å². The van der Waals surface area contributed by atoms with Crippen LogP contribution in [0.2, 0.25) is 0 Å². The molecule has 33 heavy (non-hydrogen) atoms. The SMILES string of the molecule is Cc1noc(C)c1-c1nc(CN2CCCN(C(=O)CCSC=Cc3ccccc3)CC2)no1. The molecule has 3 aromatic rings. The zero-order valence-electron chi connectivity index (χ0n) is 19.1. The van der Waals surface area contributed by atoms with Crippen molar-refractivity contribution in [2.45, 2.75) is 33.2 Å². The van der Waals surface area contributed by atoms with Crippen molar-refractivity contribution in [3.8, 4) is 11.5 Å². The van der Waals surface area contributed by atoms with Crippen molar-refractivity contribution in [3.63, 3.8) is 0 Å². The fourth-order valence-electron chi connectivity index (χ4n) is 3.85. The standard InChI is InChI=1S/C24H29N5O3S/c1-18-23(19(2)31-26-18)24-25-21(27-32-24)17-28-11-6-12-29(14-13-28)22(30)10-16-33-15-9-20-7-4-3-5-8-20/h3-5,7-9,15H,6,10-14,16-17H2,1-2H3. The van der Waals surface area contributed by atoms with E-state index in [1.54, 1.807) is 11.8 Å². The Morgan fingerprint density at radius 1 is 1.09 bits per heavy atom. The zero-order chi connectivity index (χ0) is 23.0. The number of aromatic nitrogens is 3. The molecule has 4 rings (SSSR count). The molecule has 1 fully saturated rings. The largest absolute Gasteiger partial charge is 0.361 e. The number of nitrogens with zero attached hydrogens (tertiary/aromatic N) is 5. The number of thioether (sulfide) groups is 1. The molecular weight excluding hydrogens is 438 g/mol. The highest BCUT2D eigenvalue weighted by Gasteiger charge is 2.22. The van der Waals surface area contributed by atoms with Crippen LogP contribution in [0.25, 0.3) is 17.5 Å². The molecule has 174 valence electrons. The lowest BCUT2D eigenvalue weighted by Crippen LogP contribution is -2.35. The summed E-state index contributed by atoms with van der Waals surface area (Å²) in [5.41, 5.74) is 2.67. The van der Waals surface area contributed by atoms with Crippen LogP contribution in [0.5, 0.6) is 0 Å². The third-order valence-corrected chi connectivity index (χ3v) is 6.38. The first-order valence-electron chi connectivity index (χ1n) is 11.2. The maximum atomic E-state index is 12.7. The number of benzene rings is 1. The summed E-state index contributed by atoms with van der Waals surface area (Å²) in [5.74, 6) is 2.74. The molecule has 3 heterocycles. The van der Waals surface area contributed by atoms with E-state index in [1.807, 2.05) is 36.9 Å². The van der Waals surface area contributed by atoms with Gasteiger partial charge in [0.25, 0.3) is 5.89 Å². The Labute approximate surface area is 198 Å². The van der Waals surface area contributed by atoms with Gasteiger partial charge in [-0.05, 0) is 37.3 Å². The number of carbonyl (C=O) groups excluding carboxylic acids is 1. The van der Waals surface area contributed by atoms with Gasteiger partial charge in [-0.15, -0.1) is 11.8 Å². The van der Waals surface area contributed by atoms with Crippen molar-refractivity contribution in [2.24, 2.45) is 0 Å². The van der Waals surface area contributed by atoms with Crippen molar-refractivity contribution >= 4 is 23.7 Å². The summed E-state index contributed by atoms with van der Waals surface area (Å²) in [5, 5.41) is 10.1. The van der Waals surface area contributed by atoms with E-state index in [9.17, 15) is 4.79 Å². The molecule has 1 aliphatic rings. The van der Waals surface area contributed by atoms with Crippen LogP contribution in [0, 0.1) is 13.8 Å². The zero-order valence-corrected chi connectivity index (χ0v) is 19.9. The smallest absolute Gasteiger partial charge is 0.263 e. The van der Waals surface area contributed by atoms with Crippen molar-refractivity contribution in [3.05, 3.63) is 58.6 Å². The van der Waals surface area contributed by atoms with Crippen LogP contribution in [0.1, 0.15) is 35.7 Å². The molecule has 0 radical (unpaired) electrons. The van der Waals surface area contributed by atoms with Crippen LogP contribution in [0.4, 0.5) is 0 Å². The lowest BCUT2D eigenvalue weighted by molar-refractivity contribution is -0.130. The van der Waals surface area contributed by atoms with Crippen LogP contribution in [0.15, 0.2) is 44.8 Å². The highest BCUT2D eigenvalue weighted by Crippen LogP contribution is 2.25. The highest BCUT2D eigenvalue weighted by molar-refractivity contribution is 8.02. The Hall–Kier alpha value is -2.91. The second-order valence-electron chi connectivity index (χ2n) is 8.06. The maximum absolute atomic E-state index is 12.7. The first kappa shape index (κ1) is 23.3. The highest BCUT2D eigenvalue weighted by atomic mass is 32.2. The van der Waals surface area contributed by atoms with Crippen molar-refractivity contribution < 1.29 is 13.8 Å². The van der Waals surface area contributed by atoms with E-state index >= 15 is 0 Å². The van der Waals surface area contributed by atoms with Crippen LogP contribution >= 0.6 is 11.8 Å². The lowest BCUT2D eigenvalue weighted by atomic mass is 10.2. The average molecular weight is 468 g/mol. The Balaban J connectivity index is 1.21. The number of hydrogen-bond acceptors (Lipinski definition) is 8. The summed E-state index contributed by atoms with van der Waals surface area (Å²) in [6.45, 7) is 7.48. The second-order valence-corrected chi connectivity index (χ2v) is 9.07. The predicted octanol–water partition coefficient (Wildman–Crippen LogP) is 4.17. The van der Waals surface area contributed by atoms with Crippen LogP contribution in [-0.2, 0) is 11.3 Å². The molecule has 9 heteroatoms. The molecule has 2 aromatic heterocycles. The number of carbonyl (C=O) groups is 1. The van der Waals surface area contributed by atoms with E-state index in [0.717, 1.165) is 49.6 Å². The quantitative estimate of drug-likeness (QED) is 0.456. The summed E-state index contributed by atoms with van der Waals surface area (Å²) < 4.78 is 10.6. The number of hydrogen-bond donors (Lipinski definition) is 0. The van der Waals surface area contributed by atoms with E-state index in [-0.39, 0.29) is 5.91 Å². The molecule has 0 unspecified atom stereocenters. The minimum absolute atomic E-state index is 0.220. The normalized spacial score (nSPS) is 15.3. The van der Waals surface area contributed by atoms with Gasteiger partial charge in [0.15, 0.2) is 5.82 Å². The predicted molar refractivity (Wildman–Crippen MR) is 128 cm³/mol. The van der Waals surface area contributed by atoms with E-state index in [0.29, 0.717) is 30.4 Å². The molecule has 0 aliphatic carbocycles. The fourth-order valence-corrected chi connectivity index (χ4v) is 4.53. The number of aryl methyl sites for hydroxylation is 2. The first-order valence-corrected chi connectivity index (χ1v) is 12.2. The van der Waals surface area contributed by atoms with Crippen molar-refractivity contribution in [2.75, 3.05) is 31.9 Å². The first-order chi connectivity index (χ1) is 16.1. The molecule has 0 spiro atoms. The number of amides is 1. The summed E-state index contributed by atoms with van der Waals surface area (Å²) in [6.07, 6.45) is 3.56. The molecule has 0 bridgehead atoms. The third kappa shape index (κ3) is 6.33. The second kappa shape index (κ2) is 11.3. The van der Waals surface area contributed by atoms with Gasteiger partial charge in [0.05, 0.1) is 12.2 Å². The summed E-state index contributed by atoms with van der Waals surface area (Å²) in [4.78, 5) is 21.4. The molecule has 0 saturated carbocycles. The molecule has 1 saturated heterocycles. The Morgan fingerprint density at radius 2 is 1.94 bits per heavy atom. The van der Waals surface area contributed by atoms with E-state index < -0.39 is 0 Å². The number of rotatable bonds is 8. The van der Waals surface area contributed by atoms with E-state index in [4.69, 9.17) is 9.05 Å². The third-order valence-electron chi connectivity index (χ3n) is 5.61. The summed E-state index contributed by atoms with van der Waals surface area (Å²) in [6, 6.07) is 10.2. The minimum atomic E-state index is 0.220. The maximum Gasteiger partial charge on any atom is 0.263 e. The van der Waals surface area contributed by atoms with Crippen LogP contribution < -0.4 is 0 Å². The van der Waals surface area contributed by atoms with Gasteiger partial charge in [-0.2, -0.15) is 4.98 Å². The van der Waals surface area contributed by atoms with Gasteiger partial charge < -0.3 is 13.9 Å². The Bertz CT molecular complexity index is 1060. The van der Waals surface area contributed by atoms with E-state index in [1.165, 1.54) is 5.56 Å². The molecule has 1 aromatic carbocycles. The van der Waals surface area contributed by atoms with Crippen LogP contribution in [-0.4, -0.2) is 62.9 Å². The molecule has 0 atom stereocenters. The minimum Gasteiger partial charge on any atom is -0.361 e. The summed E-state index contributed by atoms with van der Waals surface area (Å²) >= 11 is 1.67.